The lowest BCUT2D eigenvalue weighted by molar-refractivity contribution is -0.215. The molecule has 10 heteroatoms. The minimum absolute atomic E-state index is 0.136. The SMILES string of the molecule is N#Cc1ccc(C2COC3(CCN(C(=O)O[C@H](CO)C(F)(F)F)CC3)C2)c(F)c1. The second kappa shape index (κ2) is 8.16. The molecule has 0 bridgehead atoms. The molecule has 2 aliphatic heterocycles. The quantitative estimate of drug-likeness (QED) is 0.766. The zero-order chi connectivity index (χ0) is 21.2. The van der Waals surface area contributed by atoms with Gasteiger partial charge >= 0.3 is 12.3 Å². The van der Waals surface area contributed by atoms with E-state index < -0.39 is 36.4 Å². The minimum Gasteiger partial charge on any atom is -0.434 e. The third-order valence-corrected chi connectivity index (χ3v) is 5.49. The molecule has 2 fully saturated rings. The zero-order valence-electron chi connectivity index (χ0n) is 15.4. The maximum Gasteiger partial charge on any atom is 0.427 e. The van der Waals surface area contributed by atoms with Crippen LogP contribution in [0.2, 0.25) is 0 Å². The van der Waals surface area contributed by atoms with Crippen LogP contribution in [-0.4, -0.2) is 60.3 Å². The number of hydrogen-bond acceptors (Lipinski definition) is 5. The van der Waals surface area contributed by atoms with Crippen molar-refractivity contribution < 1.29 is 36.9 Å². The molecule has 0 radical (unpaired) electrons. The maximum absolute atomic E-state index is 14.3. The third kappa shape index (κ3) is 4.62. The predicted molar refractivity (Wildman–Crippen MR) is 91.4 cm³/mol. The Bertz CT molecular complexity index is 800. The average Bonchev–Trinajstić information content (AvgIpc) is 3.08. The smallest absolute Gasteiger partial charge is 0.427 e. The number of alkyl halides is 3. The van der Waals surface area contributed by atoms with Gasteiger partial charge in [-0.15, -0.1) is 0 Å². The molecule has 0 aliphatic carbocycles. The largest absolute Gasteiger partial charge is 0.434 e. The van der Waals surface area contributed by atoms with E-state index in [1.165, 1.54) is 6.07 Å². The fourth-order valence-electron chi connectivity index (χ4n) is 3.82. The normalized spacial score (nSPS) is 22.3. The first-order chi connectivity index (χ1) is 13.7. The molecule has 1 spiro atoms. The van der Waals surface area contributed by atoms with E-state index in [0.29, 0.717) is 24.8 Å². The Hall–Kier alpha value is -2.38. The standard InChI is InChI=1S/C19H20F4N2O4/c20-15-7-12(9-24)1-2-14(15)13-8-18(28-11-13)3-5-25(6-4-18)17(27)29-16(10-26)19(21,22)23/h1-2,7,13,16,26H,3-6,8,10-11H2/t13?,16-/m1/s1. The Morgan fingerprint density at radius 3 is 2.66 bits per heavy atom. The van der Waals surface area contributed by atoms with Crippen molar-refractivity contribution in [2.24, 2.45) is 0 Å². The average molecular weight is 416 g/mol. The number of halogens is 4. The molecule has 3 rings (SSSR count). The van der Waals surface area contributed by atoms with Crippen LogP contribution < -0.4 is 0 Å². The fourth-order valence-corrected chi connectivity index (χ4v) is 3.82. The molecule has 2 saturated heterocycles. The van der Waals surface area contributed by atoms with Gasteiger partial charge in [-0.2, -0.15) is 18.4 Å². The van der Waals surface area contributed by atoms with Crippen molar-refractivity contribution >= 4 is 6.09 Å². The molecule has 0 saturated carbocycles. The first kappa shape index (κ1) is 21.3. The lowest BCUT2D eigenvalue weighted by atomic mass is 9.83. The molecule has 2 aliphatic rings. The van der Waals surface area contributed by atoms with Crippen LogP contribution in [0, 0.1) is 17.1 Å². The summed E-state index contributed by atoms with van der Waals surface area (Å²) >= 11 is 0. The van der Waals surface area contributed by atoms with E-state index in [2.05, 4.69) is 4.74 Å². The lowest BCUT2D eigenvalue weighted by Gasteiger charge is -2.38. The predicted octanol–water partition coefficient (Wildman–Crippen LogP) is 3.10. The van der Waals surface area contributed by atoms with Gasteiger partial charge in [-0.1, -0.05) is 6.07 Å². The summed E-state index contributed by atoms with van der Waals surface area (Å²) in [4.78, 5) is 13.1. The highest BCUT2D eigenvalue weighted by molar-refractivity contribution is 5.68. The van der Waals surface area contributed by atoms with Crippen molar-refractivity contribution in [3.8, 4) is 6.07 Å². The van der Waals surface area contributed by atoms with Crippen molar-refractivity contribution in [2.75, 3.05) is 26.3 Å². The highest BCUT2D eigenvalue weighted by Gasteiger charge is 2.46. The Kier molecular flexibility index (Phi) is 6.00. The van der Waals surface area contributed by atoms with Crippen LogP contribution in [0.15, 0.2) is 18.2 Å². The summed E-state index contributed by atoms with van der Waals surface area (Å²) in [6.07, 6.45) is -7.26. The Labute approximate surface area is 164 Å². The van der Waals surface area contributed by atoms with E-state index >= 15 is 0 Å². The molecule has 1 amide bonds. The molecular formula is C19H20F4N2O4. The summed E-state index contributed by atoms with van der Waals surface area (Å²) in [5.41, 5.74) is 0.104. The van der Waals surface area contributed by atoms with E-state index in [1.807, 2.05) is 6.07 Å². The summed E-state index contributed by atoms with van der Waals surface area (Å²) in [5, 5.41) is 17.6. The summed E-state index contributed by atoms with van der Waals surface area (Å²) in [5.74, 6) is -0.678. The fraction of sp³-hybridized carbons (Fsp3) is 0.579. The van der Waals surface area contributed by atoms with Gasteiger partial charge in [-0.25, -0.2) is 9.18 Å². The molecule has 1 N–H and O–H groups in total. The lowest BCUT2D eigenvalue weighted by Crippen LogP contribution is -2.48. The van der Waals surface area contributed by atoms with Gasteiger partial charge in [0, 0.05) is 19.0 Å². The van der Waals surface area contributed by atoms with Crippen LogP contribution in [-0.2, 0) is 9.47 Å². The monoisotopic (exact) mass is 416 g/mol. The molecule has 2 heterocycles. The van der Waals surface area contributed by atoms with Crippen LogP contribution in [0.5, 0.6) is 0 Å². The first-order valence-corrected chi connectivity index (χ1v) is 9.14. The summed E-state index contributed by atoms with van der Waals surface area (Å²) in [6.45, 7) is -0.781. The van der Waals surface area contributed by atoms with Crippen molar-refractivity contribution in [1.82, 2.24) is 4.90 Å². The van der Waals surface area contributed by atoms with Crippen LogP contribution in [0.3, 0.4) is 0 Å². The second-order valence-corrected chi connectivity index (χ2v) is 7.33. The van der Waals surface area contributed by atoms with Crippen molar-refractivity contribution in [3.05, 3.63) is 35.1 Å². The minimum atomic E-state index is -4.84. The molecular weight excluding hydrogens is 396 g/mol. The number of piperidine rings is 1. The summed E-state index contributed by atoms with van der Waals surface area (Å²) in [7, 11) is 0. The van der Waals surface area contributed by atoms with Crippen LogP contribution >= 0.6 is 0 Å². The number of amides is 1. The van der Waals surface area contributed by atoms with Gasteiger partial charge in [0.25, 0.3) is 0 Å². The number of likely N-dealkylation sites (tertiary alicyclic amines) is 1. The maximum atomic E-state index is 14.3. The number of aliphatic hydroxyl groups is 1. The molecule has 29 heavy (non-hydrogen) atoms. The van der Waals surface area contributed by atoms with Crippen LogP contribution in [0.4, 0.5) is 22.4 Å². The summed E-state index contributed by atoms with van der Waals surface area (Å²) in [6, 6.07) is 6.17. The van der Waals surface area contributed by atoms with E-state index in [4.69, 9.17) is 15.1 Å². The third-order valence-electron chi connectivity index (χ3n) is 5.49. The number of carbonyl (C=O) groups excluding carboxylic acids is 1. The van der Waals surface area contributed by atoms with Gasteiger partial charge < -0.3 is 19.5 Å². The van der Waals surface area contributed by atoms with Gasteiger partial charge in [-0.05, 0) is 37.0 Å². The van der Waals surface area contributed by atoms with Crippen molar-refractivity contribution in [3.63, 3.8) is 0 Å². The number of carbonyl (C=O) groups is 1. The summed E-state index contributed by atoms with van der Waals surface area (Å²) < 4.78 is 62.5. The van der Waals surface area contributed by atoms with E-state index in [9.17, 15) is 22.4 Å². The number of hydrogen-bond donors (Lipinski definition) is 1. The number of benzene rings is 1. The zero-order valence-corrected chi connectivity index (χ0v) is 15.4. The highest BCUT2D eigenvalue weighted by Crippen LogP contribution is 2.43. The van der Waals surface area contributed by atoms with Crippen molar-refractivity contribution in [1.29, 1.82) is 5.26 Å². The number of aliphatic hydroxyl groups excluding tert-OH is 1. The van der Waals surface area contributed by atoms with Crippen LogP contribution in [0.1, 0.15) is 36.3 Å². The van der Waals surface area contributed by atoms with E-state index in [-0.39, 0.29) is 31.2 Å². The Morgan fingerprint density at radius 1 is 1.41 bits per heavy atom. The Morgan fingerprint density at radius 2 is 2.10 bits per heavy atom. The van der Waals surface area contributed by atoms with Gasteiger partial charge in [0.15, 0.2) is 0 Å². The van der Waals surface area contributed by atoms with Gasteiger partial charge in [0.05, 0.1) is 30.4 Å². The topological polar surface area (TPSA) is 82.8 Å². The molecule has 1 aromatic rings. The molecule has 0 aromatic heterocycles. The number of rotatable bonds is 3. The molecule has 158 valence electrons. The van der Waals surface area contributed by atoms with Gasteiger partial charge in [0.1, 0.15) is 5.82 Å². The number of nitriles is 1. The number of ether oxygens (including phenoxy) is 2. The van der Waals surface area contributed by atoms with Gasteiger partial charge in [0.2, 0.25) is 6.10 Å². The second-order valence-electron chi connectivity index (χ2n) is 7.33. The number of nitrogens with zero attached hydrogens (tertiary/aromatic N) is 2. The molecule has 2 atom stereocenters. The van der Waals surface area contributed by atoms with Crippen LogP contribution in [0.25, 0.3) is 0 Å². The van der Waals surface area contributed by atoms with E-state index in [1.54, 1.807) is 12.1 Å². The van der Waals surface area contributed by atoms with Gasteiger partial charge in [-0.3, -0.25) is 0 Å². The highest BCUT2D eigenvalue weighted by atomic mass is 19.4. The Balaban J connectivity index is 1.58. The molecule has 1 aromatic carbocycles. The molecule has 6 nitrogen and oxygen atoms in total. The molecule has 1 unspecified atom stereocenters. The van der Waals surface area contributed by atoms with E-state index in [0.717, 1.165) is 4.90 Å². The first-order valence-electron chi connectivity index (χ1n) is 9.14. The van der Waals surface area contributed by atoms with Crippen molar-refractivity contribution in [2.45, 2.75) is 43.1 Å².